The second kappa shape index (κ2) is 5.71. The van der Waals surface area contributed by atoms with E-state index < -0.39 is 0 Å². The quantitative estimate of drug-likeness (QED) is 0.630. The molecule has 0 atom stereocenters. The van der Waals surface area contributed by atoms with Gasteiger partial charge in [0.15, 0.2) is 5.78 Å². The van der Waals surface area contributed by atoms with E-state index in [0.717, 1.165) is 34.6 Å². The van der Waals surface area contributed by atoms with Gasteiger partial charge < -0.3 is 4.74 Å². The number of carbonyl (C=O) groups is 1. The van der Waals surface area contributed by atoms with E-state index in [-0.39, 0.29) is 5.78 Å². The fourth-order valence-electron chi connectivity index (χ4n) is 2.55. The molecule has 3 rings (SSSR count). The van der Waals surface area contributed by atoms with Crippen LogP contribution in [0.2, 0.25) is 0 Å². The first-order chi connectivity index (χ1) is 9.81. The number of rotatable bonds is 3. The lowest BCUT2D eigenvalue weighted by Gasteiger charge is -2.20. The van der Waals surface area contributed by atoms with Crippen molar-refractivity contribution in [3.05, 3.63) is 59.2 Å². The first-order valence-electron chi connectivity index (χ1n) is 6.73. The number of para-hydroxylation sites is 1. The van der Waals surface area contributed by atoms with E-state index in [1.54, 1.807) is 11.8 Å². The highest BCUT2D eigenvalue weighted by Gasteiger charge is 2.21. The SMILES string of the molecule is CSc1ccccc1C(=O)c1cccc2c1OCCC2. The number of aryl methyl sites for hydroxylation is 1. The predicted octanol–water partition coefficient (Wildman–Crippen LogP) is 3.96. The van der Waals surface area contributed by atoms with Crippen LogP contribution in [0, 0.1) is 0 Å². The molecule has 2 aromatic rings. The number of fused-ring (bicyclic) bond motifs is 1. The highest BCUT2D eigenvalue weighted by atomic mass is 32.2. The first-order valence-corrected chi connectivity index (χ1v) is 7.96. The van der Waals surface area contributed by atoms with Crippen molar-refractivity contribution in [2.75, 3.05) is 12.9 Å². The zero-order valence-electron chi connectivity index (χ0n) is 11.4. The second-order valence-electron chi connectivity index (χ2n) is 4.78. The number of thioether (sulfide) groups is 1. The Bertz CT molecular complexity index is 649. The van der Waals surface area contributed by atoms with Crippen LogP contribution in [0.4, 0.5) is 0 Å². The van der Waals surface area contributed by atoms with E-state index in [2.05, 4.69) is 0 Å². The van der Waals surface area contributed by atoms with Gasteiger partial charge in [-0.3, -0.25) is 4.79 Å². The normalized spacial score (nSPS) is 13.4. The summed E-state index contributed by atoms with van der Waals surface area (Å²) in [7, 11) is 0. The maximum atomic E-state index is 12.8. The molecule has 1 aliphatic heterocycles. The summed E-state index contributed by atoms with van der Waals surface area (Å²) in [6, 6.07) is 13.6. The van der Waals surface area contributed by atoms with Crippen molar-refractivity contribution in [2.24, 2.45) is 0 Å². The minimum atomic E-state index is 0.0497. The number of hydrogen-bond acceptors (Lipinski definition) is 3. The third-order valence-corrected chi connectivity index (χ3v) is 4.33. The summed E-state index contributed by atoms with van der Waals surface area (Å²) in [5.41, 5.74) is 2.58. The molecular weight excluding hydrogens is 268 g/mol. The van der Waals surface area contributed by atoms with E-state index in [1.807, 2.05) is 48.7 Å². The summed E-state index contributed by atoms with van der Waals surface area (Å²) >= 11 is 1.59. The molecule has 0 unspecified atom stereocenters. The van der Waals surface area contributed by atoms with Crippen LogP contribution >= 0.6 is 11.8 Å². The Morgan fingerprint density at radius 3 is 2.75 bits per heavy atom. The van der Waals surface area contributed by atoms with Crippen molar-refractivity contribution in [1.29, 1.82) is 0 Å². The van der Waals surface area contributed by atoms with Crippen molar-refractivity contribution in [3.63, 3.8) is 0 Å². The van der Waals surface area contributed by atoms with Gasteiger partial charge in [-0.05, 0) is 42.9 Å². The highest BCUT2D eigenvalue weighted by Crippen LogP contribution is 2.32. The number of ether oxygens (including phenoxy) is 1. The molecule has 0 saturated heterocycles. The summed E-state index contributed by atoms with van der Waals surface area (Å²) in [5.74, 6) is 0.827. The van der Waals surface area contributed by atoms with Crippen LogP contribution in [0.3, 0.4) is 0 Å². The summed E-state index contributed by atoms with van der Waals surface area (Å²) < 4.78 is 5.74. The molecule has 2 nitrogen and oxygen atoms in total. The topological polar surface area (TPSA) is 26.3 Å². The molecule has 2 aromatic carbocycles. The summed E-state index contributed by atoms with van der Waals surface area (Å²) in [6.45, 7) is 0.696. The van der Waals surface area contributed by atoms with Crippen LogP contribution in [-0.4, -0.2) is 18.6 Å². The Labute approximate surface area is 123 Å². The van der Waals surface area contributed by atoms with Gasteiger partial charge in [-0.25, -0.2) is 0 Å². The number of benzene rings is 2. The lowest BCUT2D eigenvalue weighted by Crippen LogP contribution is -2.13. The molecule has 3 heteroatoms. The second-order valence-corrected chi connectivity index (χ2v) is 5.62. The van der Waals surface area contributed by atoms with E-state index in [9.17, 15) is 4.79 Å². The van der Waals surface area contributed by atoms with Crippen molar-refractivity contribution in [1.82, 2.24) is 0 Å². The summed E-state index contributed by atoms with van der Waals surface area (Å²) in [4.78, 5) is 13.8. The Hall–Kier alpha value is -1.74. The van der Waals surface area contributed by atoms with Gasteiger partial charge >= 0.3 is 0 Å². The Kier molecular flexibility index (Phi) is 3.79. The first kappa shape index (κ1) is 13.3. The fourth-order valence-corrected chi connectivity index (χ4v) is 3.14. The van der Waals surface area contributed by atoms with Gasteiger partial charge in [0.2, 0.25) is 0 Å². The van der Waals surface area contributed by atoms with Crippen molar-refractivity contribution >= 4 is 17.5 Å². The van der Waals surface area contributed by atoms with Gasteiger partial charge in [0.25, 0.3) is 0 Å². The summed E-state index contributed by atoms with van der Waals surface area (Å²) in [5, 5.41) is 0. The van der Waals surface area contributed by atoms with Gasteiger partial charge in [-0.15, -0.1) is 11.8 Å². The zero-order valence-corrected chi connectivity index (χ0v) is 12.2. The van der Waals surface area contributed by atoms with Gasteiger partial charge in [0, 0.05) is 10.5 Å². The van der Waals surface area contributed by atoms with Gasteiger partial charge in [-0.1, -0.05) is 24.3 Å². The number of ketones is 1. The maximum absolute atomic E-state index is 12.8. The third kappa shape index (κ3) is 2.34. The van der Waals surface area contributed by atoms with Gasteiger partial charge in [-0.2, -0.15) is 0 Å². The molecule has 0 aromatic heterocycles. The molecule has 0 amide bonds. The average molecular weight is 284 g/mol. The maximum Gasteiger partial charge on any atom is 0.197 e. The van der Waals surface area contributed by atoms with E-state index in [4.69, 9.17) is 4.74 Å². The molecule has 0 spiro atoms. The highest BCUT2D eigenvalue weighted by molar-refractivity contribution is 7.98. The molecule has 1 aliphatic rings. The van der Waals surface area contributed by atoms with E-state index in [1.165, 1.54) is 0 Å². The zero-order chi connectivity index (χ0) is 13.9. The molecule has 0 saturated carbocycles. The Morgan fingerprint density at radius 1 is 1.10 bits per heavy atom. The van der Waals surface area contributed by atoms with Crippen LogP contribution in [0.25, 0.3) is 0 Å². The Morgan fingerprint density at radius 2 is 1.90 bits per heavy atom. The molecule has 0 bridgehead atoms. The van der Waals surface area contributed by atoms with Crippen LogP contribution in [0.15, 0.2) is 47.4 Å². The van der Waals surface area contributed by atoms with Crippen molar-refractivity contribution in [3.8, 4) is 5.75 Å². The minimum absolute atomic E-state index is 0.0497. The minimum Gasteiger partial charge on any atom is -0.493 e. The average Bonchev–Trinajstić information content (AvgIpc) is 2.53. The van der Waals surface area contributed by atoms with Crippen LogP contribution in [0.5, 0.6) is 5.75 Å². The molecule has 102 valence electrons. The Balaban J connectivity index is 2.07. The molecule has 0 N–H and O–H groups in total. The molecule has 0 radical (unpaired) electrons. The summed E-state index contributed by atoms with van der Waals surface area (Å²) in [6.07, 6.45) is 4.00. The van der Waals surface area contributed by atoms with E-state index in [0.29, 0.717) is 12.2 Å². The lowest BCUT2D eigenvalue weighted by molar-refractivity contribution is 0.103. The van der Waals surface area contributed by atoms with Gasteiger partial charge in [0.1, 0.15) is 5.75 Å². The fraction of sp³-hybridized carbons (Fsp3) is 0.235. The van der Waals surface area contributed by atoms with E-state index >= 15 is 0 Å². The smallest absolute Gasteiger partial charge is 0.197 e. The standard InChI is InChI=1S/C17H16O2S/c1-20-15-10-3-2-8-13(15)16(18)14-9-4-6-12-7-5-11-19-17(12)14/h2-4,6,8-10H,5,7,11H2,1H3. The molecule has 0 fully saturated rings. The van der Waals surface area contributed by atoms with Crippen LogP contribution < -0.4 is 4.74 Å². The number of carbonyl (C=O) groups excluding carboxylic acids is 1. The van der Waals surface area contributed by atoms with Crippen molar-refractivity contribution in [2.45, 2.75) is 17.7 Å². The third-order valence-electron chi connectivity index (χ3n) is 3.53. The number of hydrogen-bond donors (Lipinski definition) is 0. The van der Waals surface area contributed by atoms with Crippen LogP contribution in [-0.2, 0) is 6.42 Å². The van der Waals surface area contributed by atoms with Crippen LogP contribution in [0.1, 0.15) is 27.9 Å². The molecule has 1 heterocycles. The lowest BCUT2D eigenvalue weighted by atomic mass is 9.97. The molecule has 0 aliphatic carbocycles. The predicted molar refractivity (Wildman–Crippen MR) is 81.9 cm³/mol. The van der Waals surface area contributed by atoms with Gasteiger partial charge in [0.05, 0.1) is 12.2 Å². The molecular formula is C17H16O2S. The molecule has 20 heavy (non-hydrogen) atoms. The van der Waals surface area contributed by atoms with Crippen molar-refractivity contribution < 1.29 is 9.53 Å². The largest absolute Gasteiger partial charge is 0.493 e. The monoisotopic (exact) mass is 284 g/mol.